The highest BCUT2D eigenvalue weighted by Gasteiger charge is 2.15. The van der Waals surface area contributed by atoms with Crippen LogP contribution in [0.5, 0.6) is 17.2 Å². The van der Waals surface area contributed by atoms with Gasteiger partial charge in [0.25, 0.3) is 5.91 Å². The van der Waals surface area contributed by atoms with E-state index in [9.17, 15) is 10.1 Å². The summed E-state index contributed by atoms with van der Waals surface area (Å²) in [5.41, 5.74) is 0.567. The Bertz CT molecular complexity index is 1170. The van der Waals surface area contributed by atoms with E-state index in [-0.39, 0.29) is 11.5 Å². The van der Waals surface area contributed by atoms with Crippen molar-refractivity contribution >= 4 is 28.5 Å². The van der Waals surface area contributed by atoms with Gasteiger partial charge in [0.05, 0.1) is 6.61 Å². The zero-order valence-corrected chi connectivity index (χ0v) is 20.1. The number of hydrogen-bond acceptors (Lipinski definition) is 8. The highest BCUT2D eigenvalue weighted by molar-refractivity contribution is 7.15. The molecule has 0 unspecified atom stereocenters. The zero-order chi connectivity index (χ0) is 24.3. The van der Waals surface area contributed by atoms with E-state index in [2.05, 4.69) is 15.5 Å². The summed E-state index contributed by atoms with van der Waals surface area (Å²) in [7, 11) is 0. The lowest BCUT2D eigenvalue weighted by atomic mass is 10.1. The molecular formula is C25H26N4O4S. The van der Waals surface area contributed by atoms with Gasteiger partial charge >= 0.3 is 0 Å². The number of nitrogens with zero attached hydrogens (tertiary/aromatic N) is 3. The van der Waals surface area contributed by atoms with Gasteiger partial charge in [-0.05, 0) is 42.8 Å². The number of rotatable bonds is 11. The number of hydrogen-bond donors (Lipinski definition) is 1. The van der Waals surface area contributed by atoms with Crippen LogP contribution in [-0.2, 0) is 4.79 Å². The van der Waals surface area contributed by atoms with Crippen LogP contribution in [0.2, 0.25) is 0 Å². The van der Waals surface area contributed by atoms with Crippen molar-refractivity contribution in [1.29, 1.82) is 5.26 Å². The van der Waals surface area contributed by atoms with Gasteiger partial charge in [-0.1, -0.05) is 49.4 Å². The number of anilines is 1. The molecule has 0 atom stereocenters. The number of para-hydroxylation sites is 1. The monoisotopic (exact) mass is 478 g/mol. The predicted molar refractivity (Wildman–Crippen MR) is 131 cm³/mol. The van der Waals surface area contributed by atoms with Crippen molar-refractivity contribution in [2.45, 2.75) is 26.7 Å². The minimum atomic E-state index is -0.551. The van der Waals surface area contributed by atoms with E-state index in [1.165, 1.54) is 17.4 Å². The van der Waals surface area contributed by atoms with E-state index in [0.717, 1.165) is 10.8 Å². The van der Waals surface area contributed by atoms with Crippen molar-refractivity contribution in [3.8, 4) is 23.3 Å². The molecule has 1 N–H and O–H groups in total. The summed E-state index contributed by atoms with van der Waals surface area (Å²) >= 11 is 1.28. The van der Waals surface area contributed by atoms with Gasteiger partial charge in [0.15, 0.2) is 11.5 Å². The standard InChI is InChI=1S/C25H26N4O4S/c1-4-31-22-15-18(10-11-21(22)33-13-12-32-20-8-6-5-7-9-20)14-19(16-26)23(30)27-25-29-28-24(34-25)17(2)3/h5-11,14-15,17H,4,12-13H2,1-3H3,(H,27,29,30)/b19-14-. The molecule has 0 bridgehead atoms. The smallest absolute Gasteiger partial charge is 0.268 e. The van der Waals surface area contributed by atoms with Crippen molar-refractivity contribution < 1.29 is 19.0 Å². The van der Waals surface area contributed by atoms with E-state index < -0.39 is 5.91 Å². The third kappa shape index (κ3) is 7.05. The normalized spacial score (nSPS) is 11.1. The third-order valence-electron chi connectivity index (χ3n) is 4.45. The number of carbonyl (C=O) groups is 1. The highest BCUT2D eigenvalue weighted by Crippen LogP contribution is 2.30. The van der Waals surface area contributed by atoms with E-state index in [1.54, 1.807) is 18.2 Å². The summed E-state index contributed by atoms with van der Waals surface area (Å²) < 4.78 is 17.2. The Morgan fingerprint density at radius 3 is 2.53 bits per heavy atom. The molecule has 176 valence electrons. The van der Waals surface area contributed by atoms with Crippen LogP contribution in [0, 0.1) is 11.3 Å². The summed E-state index contributed by atoms with van der Waals surface area (Å²) in [5.74, 6) is 1.49. The van der Waals surface area contributed by atoms with Crippen molar-refractivity contribution in [3.05, 3.63) is 64.7 Å². The van der Waals surface area contributed by atoms with Crippen LogP contribution in [0.15, 0.2) is 54.1 Å². The molecule has 1 aromatic heterocycles. The fourth-order valence-corrected chi connectivity index (χ4v) is 3.57. The van der Waals surface area contributed by atoms with Crippen molar-refractivity contribution in [2.24, 2.45) is 0 Å². The molecule has 0 saturated carbocycles. The van der Waals surface area contributed by atoms with E-state index in [1.807, 2.05) is 57.2 Å². The second-order valence-electron chi connectivity index (χ2n) is 7.37. The molecule has 0 radical (unpaired) electrons. The third-order valence-corrected chi connectivity index (χ3v) is 5.59. The number of aromatic nitrogens is 2. The number of ether oxygens (including phenoxy) is 3. The molecule has 0 aliphatic heterocycles. The van der Waals surface area contributed by atoms with Crippen LogP contribution in [0.1, 0.15) is 37.3 Å². The maximum atomic E-state index is 12.6. The minimum Gasteiger partial charge on any atom is -0.490 e. The lowest BCUT2D eigenvalue weighted by molar-refractivity contribution is -0.112. The number of nitriles is 1. The second kappa shape index (κ2) is 12.4. The van der Waals surface area contributed by atoms with Crippen molar-refractivity contribution in [2.75, 3.05) is 25.1 Å². The fourth-order valence-electron chi connectivity index (χ4n) is 2.83. The molecule has 0 spiro atoms. The Balaban J connectivity index is 1.66. The molecule has 3 aromatic rings. The van der Waals surface area contributed by atoms with Crippen LogP contribution in [0.25, 0.3) is 6.08 Å². The lowest BCUT2D eigenvalue weighted by Crippen LogP contribution is -2.13. The zero-order valence-electron chi connectivity index (χ0n) is 19.3. The van der Waals surface area contributed by atoms with Crippen molar-refractivity contribution in [1.82, 2.24) is 10.2 Å². The van der Waals surface area contributed by atoms with Crippen LogP contribution >= 0.6 is 11.3 Å². The van der Waals surface area contributed by atoms with Crippen molar-refractivity contribution in [3.63, 3.8) is 0 Å². The van der Waals surface area contributed by atoms with Crippen LogP contribution in [0.3, 0.4) is 0 Å². The van der Waals surface area contributed by atoms with Gasteiger partial charge in [0.2, 0.25) is 5.13 Å². The van der Waals surface area contributed by atoms with Crippen LogP contribution in [0.4, 0.5) is 5.13 Å². The van der Waals surface area contributed by atoms with Gasteiger partial charge in [-0.2, -0.15) is 5.26 Å². The Morgan fingerprint density at radius 2 is 1.85 bits per heavy atom. The fraction of sp³-hybridized carbons (Fsp3) is 0.280. The highest BCUT2D eigenvalue weighted by atomic mass is 32.1. The summed E-state index contributed by atoms with van der Waals surface area (Å²) in [6.45, 7) is 6.99. The second-order valence-corrected chi connectivity index (χ2v) is 8.38. The molecule has 0 fully saturated rings. The summed E-state index contributed by atoms with van der Waals surface area (Å²) in [5, 5.41) is 21.3. The number of nitrogens with one attached hydrogen (secondary N) is 1. The first kappa shape index (κ1) is 24.7. The predicted octanol–water partition coefficient (Wildman–Crippen LogP) is 5.06. The largest absolute Gasteiger partial charge is 0.490 e. The SMILES string of the molecule is CCOc1cc(/C=C(/C#N)C(=O)Nc2nnc(C(C)C)s2)ccc1OCCOc1ccccc1. The molecule has 2 aromatic carbocycles. The van der Waals surface area contributed by atoms with Gasteiger partial charge in [-0.3, -0.25) is 10.1 Å². The lowest BCUT2D eigenvalue weighted by Gasteiger charge is -2.13. The summed E-state index contributed by atoms with van der Waals surface area (Å²) in [4.78, 5) is 12.6. The number of amides is 1. The average Bonchev–Trinajstić information content (AvgIpc) is 3.31. The maximum Gasteiger partial charge on any atom is 0.268 e. The summed E-state index contributed by atoms with van der Waals surface area (Å²) in [6.07, 6.45) is 1.49. The van der Waals surface area contributed by atoms with Gasteiger partial charge in [-0.25, -0.2) is 0 Å². The minimum absolute atomic E-state index is 0.0614. The molecule has 34 heavy (non-hydrogen) atoms. The maximum absolute atomic E-state index is 12.6. The van der Waals surface area contributed by atoms with E-state index >= 15 is 0 Å². The molecule has 8 nitrogen and oxygen atoms in total. The molecule has 9 heteroatoms. The van der Waals surface area contributed by atoms with Gasteiger partial charge in [-0.15, -0.1) is 10.2 Å². The number of benzene rings is 2. The van der Waals surface area contributed by atoms with Gasteiger partial charge in [0.1, 0.15) is 35.6 Å². The molecule has 3 rings (SSSR count). The Morgan fingerprint density at radius 1 is 1.09 bits per heavy atom. The van der Waals surface area contributed by atoms with Crippen LogP contribution in [-0.4, -0.2) is 35.9 Å². The molecular weight excluding hydrogens is 452 g/mol. The van der Waals surface area contributed by atoms with E-state index in [0.29, 0.717) is 42.0 Å². The van der Waals surface area contributed by atoms with E-state index in [4.69, 9.17) is 14.2 Å². The Hall–Kier alpha value is -3.90. The summed E-state index contributed by atoms with van der Waals surface area (Å²) in [6, 6.07) is 16.7. The van der Waals surface area contributed by atoms with Gasteiger partial charge in [0, 0.05) is 5.92 Å². The quantitative estimate of drug-likeness (QED) is 0.233. The Labute approximate surface area is 202 Å². The number of carbonyl (C=O) groups excluding carboxylic acids is 1. The Kier molecular flexibility index (Phi) is 9.00. The first-order valence-corrected chi connectivity index (χ1v) is 11.7. The molecule has 1 heterocycles. The molecule has 0 aliphatic rings. The molecule has 0 aliphatic carbocycles. The van der Waals surface area contributed by atoms with Gasteiger partial charge < -0.3 is 14.2 Å². The van der Waals surface area contributed by atoms with Crippen LogP contribution < -0.4 is 19.5 Å². The topological polar surface area (TPSA) is 106 Å². The first-order chi connectivity index (χ1) is 16.5. The average molecular weight is 479 g/mol. The molecule has 1 amide bonds. The first-order valence-electron chi connectivity index (χ1n) is 10.8. The molecule has 0 saturated heterocycles.